The maximum atomic E-state index is 12.8. The predicted octanol–water partition coefficient (Wildman–Crippen LogP) is 0.771. The lowest BCUT2D eigenvalue weighted by Gasteiger charge is -2.15. The van der Waals surface area contributed by atoms with Crippen LogP contribution in [0.1, 0.15) is 18.5 Å². The summed E-state index contributed by atoms with van der Waals surface area (Å²) in [5.74, 6) is -3.29. The molecule has 1 amide bonds. The molecule has 1 aliphatic heterocycles. The molecule has 88 valence electrons. The molecule has 0 bridgehead atoms. The van der Waals surface area contributed by atoms with E-state index in [1.807, 2.05) is 0 Å². The van der Waals surface area contributed by atoms with Crippen LogP contribution in [0.25, 0.3) is 0 Å². The van der Waals surface area contributed by atoms with E-state index in [9.17, 15) is 18.8 Å². The van der Waals surface area contributed by atoms with Crippen molar-refractivity contribution in [3.8, 4) is 0 Å². The topological polar surface area (TPSA) is 63.2 Å². The minimum atomic E-state index is -1.01. The number of hydrogen-bond acceptors (Lipinski definition) is 3. The molecule has 0 radical (unpaired) electrons. The first-order chi connectivity index (χ1) is 8.00. The molecule has 4 nitrogen and oxygen atoms in total. The van der Waals surface area contributed by atoms with Crippen LogP contribution in [-0.4, -0.2) is 17.5 Å². The van der Waals surface area contributed by atoms with Gasteiger partial charge in [0.2, 0.25) is 5.78 Å². The number of Topliss-reactive ketones (excluding diaryl/α,β-unsaturated/α-hetero) is 2. The highest BCUT2D eigenvalue weighted by molar-refractivity contribution is 6.42. The Balaban J connectivity index is 2.37. The average molecular weight is 235 g/mol. The van der Waals surface area contributed by atoms with E-state index in [0.717, 1.165) is 0 Å². The molecule has 0 aromatic heterocycles. The van der Waals surface area contributed by atoms with E-state index in [1.165, 1.54) is 31.2 Å². The van der Waals surface area contributed by atoms with Crippen molar-refractivity contribution in [3.05, 3.63) is 35.6 Å². The van der Waals surface area contributed by atoms with E-state index < -0.39 is 29.5 Å². The van der Waals surface area contributed by atoms with Crippen molar-refractivity contribution >= 4 is 17.5 Å². The Morgan fingerprint density at radius 2 is 1.82 bits per heavy atom. The van der Waals surface area contributed by atoms with Crippen LogP contribution < -0.4 is 5.32 Å². The van der Waals surface area contributed by atoms with Gasteiger partial charge in [-0.05, 0) is 24.6 Å². The fraction of sp³-hybridized carbons (Fsp3) is 0.250. The number of amides is 1. The third-order valence-corrected chi connectivity index (χ3v) is 2.79. The van der Waals surface area contributed by atoms with Crippen LogP contribution in [0, 0.1) is 11.7 Å². The third-order valence-electron chi connectivity index (χ3n) is 2.79. The Hall–Kier alpha value is -2.04. The van der Waals surface area contributed by atoms with Crippen LogP contribution in [0.15, 0.2) is 24.3 Å². The predicted molar refractivity (Wildman–Crippen MR) is 56.5 cm³/mol. The summed E-state index contributed by atoms with van der Waals surface area (Å²) < 4.78 is 12.8. The van der Waals surface area contributed by atoms with Gasteiger partial charge in [-0.1, -0.05) is 12.1 Å². The zero-order valence-electron chi connectivity index (χ0n) is 9.07. The molecule has 1 aromatic carbocycles. The maximum absolute atomic E-state index is 12.8. The quantitative estimate of drug-likeness (QED) is 0.608. The second-order valence-corrected chi connectivity index (χ2v) is 3.96. The van der Waals surface area contributed by atoms with Gasteiger partial charge in [-0.15, -0.1) is 0 Å². The summed E-state index contributed by atoms with van der Waals surface area (Å²) in [4.78, 5) is 34.1. The zero-order valence-corrected chi connectivity index (χ0v) is 9.07. The lowest BCUT2D eigenvalue weighted by atomic mass is 9.90. The summed E-state index contributed by atoms with van der Waals surface area (Å²) >= 11 is 0. The van der Waals surface area contributed by atoms with Crippen molar-refractivity contribution in [1.29, 1.82) is 0 Å². The summed E-state index contributed by atoms with van der Waals surface area (Å²) in [7, 11) is 0. The molecule has 0 spiro atoms. The van der Waals surface area contributed by atoms with Crippen molar-refractivity contribution in [2.24, 2.45) is 5.92 Å². The number of benzene rings is 1. The second kappa shape index (κ2) is 4.08. The number of halogens is 1. The van der Waals surface area contributed by atoms with Crippen molar-refractivity contribution in [3.63, 3.8) is 0 Å². The van der Waals surface area contributed by atoms with Gasteiger partial charge in [0.1, 0.15) is 17.5 Å². The van der Waals surface area contributed by atoms with Gasteiger partial charge in [0.15, 0.2) is 0 Å². The summed E-state index contributed by atoms with van der Waals surface area (Å²) in [5.41, 5.74) is 0.547. The number of carbonyl (C=O) groups excluding carboxylic acids is 3. The van der Waals surface area contributed by atoms with E-state index >= 15 is 0 Å². The Morgan fingerprint density at radius 3 is 2.35 bits per heavy atom. The van der Waals surface area contributed by atoms with E-state index in [2.05, 4.69) is 5.32 Å². The maximum Gasteiger partial charge on any atom is 0.288 e. The Morgan fingerprint density at radius 1 is 1.24 bits per heavy atom. The number of carbonyl (C=O) groups is 3. The monoisotopic (exact) mass is 235 g/mol. The molecule has 1 aromatic rings. The highest BCUT2D eigenvalue weighted by atomic mass is 19.1. The number of ketones is 2. The van der Waals surface area contributed by atoms with Crippen LogP contribution in [0.2, 0.25) is 0 Å². The fourth-order valence-corrected chi connectivity index (χ4v) is 1.95. The van der Waals surface area contributed by atoms with E-state index in [1.54, 1.807) is 0 Å². The van der Waals surface area contributed by atoms with Crippen LogP contribution in [0.3, 0.4) is 0 Å². The van der Waals surface area contributed by atoms with E-state index in [-0.39, 0.29) is 5.78 Å². The smallest absolute Gasteiger partial charge is 0.288 e. The highest BCUT2D eigenvalue weighted by Crippen LogP contribution is 2.28. The first-order valence-corrected chi connectivity index (χ1v) is 5.11. The van der Waals surface area contributed by atoms with Crippen LogP contribution in [-0.2, 0) is 14.4 Å². The first kappa shape index (κ1) is 11.4. The molecule has 1 heterocycles. The lowest BCUT2D eigenvalue weighted by molar-refractivity contribution is -0.139. The van der Waals surface area contributed by atoms with Gasteiger partial charge in [0, 0.05) is 0 Å². The fourth-order valence-electron chi connectivity index (χ4n) is 1.95. The Bertz CT molecular complexity index is 495. The van der Waals surface area contributed by atoms with Gasteiger partial charge in [-0.2, -0.15) is 0 Å². The molecule has 17 heavy (non-hydrogen) atoms. The Labute approximate surface area is 96.8 Å². The average Bonchev–Trinajstić information content (AvgIpc) is 2.56. The summed E-state index contributed by atoms with van der Waals surface area (Å²) in [6.07, 6.45) is 0. The van der Waals surface area contributed by atoms with Crippen LogP contribution in [0.5, 0.6) is 0 Å². The van der Waals surface area contributed by atoms with Gasteiger partial charge in [0.05, 0.1) is 6.04 Å². The van der Waals surface area contributed by atoms with Gasteiger partial charge >= 0.3 is 0 Å². The first-order valence-electron chi connectivity index (χ1n) is 5.11. The number of nitrogens with one attached hydrogen (secondary N) is 1. The van der Waals surface area contributed by atoms with Gasteiger partial charge in [0.25, 0.3) is 5.91 Å². The molecule has 2 rings (SSSR count). The van der Waals surface area contributed by atoms with E-state index in [0.29, 0.717) is 5.56 Å². The third kappa shape index (κ3) is 1.95. The molecule has 5 heteroatoms. The molecule has 0 saturated carbocycles. The summed E-state index contributed by atoms with van der Waals surface area (Å²) in [6, 6.07) is 4.67. The molecular formula is C12H10FNO3. The van der Waals surface area contributed by atoms with Crippen molar-refractivity contribution in [2.75, 3.05) is 0 Å². The highest BCUT2D eigenvalue weighted by Gasteiger charge is 2.44. The molecule has 1 N–H and O–H groups in total. The Kier molecular flexibility index (Phi) is 2.75. The minimum Gasteiger partial charge on any atom is -0.341 e. The van der Waals surface area contributed by atoms with Crippen LogP contribution in [0.4, 0.5) is 4.39 Å². The van der Waals surface area contributed by atoms with Gasteiger partial charge in [-0.3, -0.25) is 14.4 Å². The molecule has 0 aliphatic carbocycles. The number of hydrogen-bond donors (Lipinski definition) is 1. The molecule has 1 unspecified atom stereocenters. The van der Waals surface area contributed by atoms with Crippen LogP contribution >= 0.6 is 0 Å². The van der Waals surface area contributed by atoms with Gasteiger partial charge < -0.3 is 5.32 Å². The van der Waals surface area contributed by atoms with Gasteiger partial charge in [-0.25, -0.2) is 4.39 Å². The molecule has 1 fully saturated rings. The van der Waals surface area contributed by atoms with Crippen molar-refractivity contribution in [1.82, 2.24) is 5.32 Å². The second-order valence-electron chi connectivity index (χ2n) is 3.96. The minimum absolute atomic E-state index is 0.373. The standard InChI is InChI=1S/C12H10FNO3/c1-6(15)9-10(14-12(17)11(9)16)7-2-4-8(13)5-3-7/h2-5,9-10H,1H3,(H,14,17)/t9?,10-/m1/s1. The largest absolute Gasteiger partial charge is 0.341 e. The molecule has 1 aliphatic rings. The summed E-state index contributed by atoms with van der Waals surface area (Å²) in [5, 5.41) is 2.44. The zero-order chi connectivity index (χ0) is 12.6. The summed E-state index contributed by atoms with van der Waals surface area (Å²) in [6.45, 7) is 1.26. The SMILES string of the molecule is CC(=O)C1C(=O)C(=O)N[C@@H]1c1ccc(F)cc1. The van der Waals surface area contributed by atoms with E-state index in [4.69, 9.17) is 0 Å². The lowest BCUT2D eigenvalue weighted by Crippen LogP contribution is -2.24. The van der Waals surface area contributed by atoms with Crippen molar-refractivity contribution < 1.29 is 18.8 Å². The molecule has 2 atom stereocenters. The molecular weight excluding hydrogens is 225 g/mol. The molecule has 1 saturated heterocycles. The van der Waals surface area contributed by atoms with Crippen molar-refractivity contribution in [2.45, 2.75) is 13.0 Å². The normalized spacial score (nSPS) is 23.6. The number of rotatable bonds is 2.